The van der Waals surface area contributed by atoms with Gasteiger partial charge < -0.3 is 13.9 Å². The summed E-state index contributed by atoms with van der Waals surface area (Å²) >= 11 is 0. The van der Waals surface area contributed by atoms with Gasteiger partial charge in [0.05, 0.1) is 5.56 Å². The van der Waals surface area contributed by atoms with Crippen molar-refractivity contribution in [1.29, 1.82) is 0 Å². The fraction of sp³-hybridized carbons (Fsp3) is 0.429. The zero-order valence-corrected chi connectivity index (χ0v) is 16.5. The SMILES string of the molecule is Cc1c(-c2cnc(OC(C)(C)C)nc2OC(C)(C)C)oc2ccccc12. The third-order valence-electron chi connectivity index (χ3n) is 3.62. The smallest absolute Gasteiger partial charge is 0.320 e. The van der Waals surface area contributed by atoms with Crippen molar-refractivity contribution in [2.45, 2.75) is 59.7 Å². The van der Waals surface area contributed by atoms with Crippen LogP contribution in [0.2, 0.25) is 0 Å². The highest BCUT2D eigenvalue weighted by Gasteiger charge is 2.24. The van der Waals surface area contributed by atoms with E-state index in [1.54, 1.807) is 6.20 Å². The number of nitrogens with zero attached hydrogens (tertiary/aromatic N) is 2. The van der Waals surface area contributed by atoms with Crippen LogP contribution in [0.25, 0.3) is 22.3 Å². The van der Waals surface area contributed by atoms with Crippen molar-refractivity contribution in [3.05, 3.63) is 36.0 Å². The second-order valence-corrected chi connectivity index (χ2v) is 8.35. The van der Waals surface area contributed by atoms with Crippen molar-refractivity contribution in [2.75, 3.05) is 0 Å². The number of rotatable bonds is 3. The zero-order valence-electron chi connectivity index (χ0n) is 16.5. The Morgan fingerprint density at radius 1 is 0.923 bits per heavy atom. The molecule has 0 amide bonds. The normalized spacial score (nSPS) is 12.4. The minimum absolute atomic E-state index is 0.286. The van der Waals surface area contributed by atoms with Crippen molar-refractivity contribution in [3.63, 3.8) is 0 Å². The van der Waals surface area contributed by atoms with Crippen LogP contribution in [0.15, 0.2) is 34.9 Å². The van der Waals surface area contributed by atoms with Crippen LogP contribution >= 0.6 is 0 Å². The van der Waals surface area contributed by atoms with Crippen molar-refractivity contribution < 1.29 is 13.9 Å². The number of fused-ring (bicyclic) bond motifs is 1. The number of hydrogen-bond donors (Lipinski definition) is 0. The van der Waals surface area contributed by atoms with E-state index in [-0.39, 0.29) is 6.01 Å². The molecule has 0 saturated carbocycles. The molecule has 0 radical (unpaired) electrons. The van der Waals surface area contributed by atoms with Crippen LogP contribution in [0, 0.1) is 6.92 Å². The van der Waals surface area contributed by atoms with E-state index >= 15 is 0 Å². The van der Waals surface area contributed by atoms with Crippen LogP contribution < -0.4 is 9.47 Å². The predicted molar refractivity (Wildman–Crippen MR) is 103 cm³/mol. The van der Waals surface area contributed by atoms with Crippen LogP contribution in [0.4, 0.5) is 0 Å². The topological polar surface area (TPSA) is 57.4 Å². The van der Waals surface area contributed by atoms with E-state index in [2.05, 4.69) is 9.97 Å². The van der Waals surface area contributed by atoms with Crippen LogP contribution in [0.1, 0.15) is 47.1 Å². The van der Waals surface area contributed by atoms with E-state index in [0.29, 0.717) is 11.6 Å². The molecule has 0 spiro atoms. The van der Waals surface area contributed by atoms with Gasteiger partial charge >= 0.3 is 6.01 Å². The van der Waals surface area contributed by atoms with E-state index in [1.807, 2.05) is 72.7 Å². The molecule has 0 unspecified atom stereocenters. The summed E-state index contributed by atoms with van der Waals surface area (Å²) in [5.74, 6) is 1.17. The quantitative estimate of drug-likeness (QED) is 0.617. The second-order valence-electron chi connectivity index (χ2n) is 8.35. The van der Waals surface area contributed by atoms with Gasteiger partial charge in [0.2, 0.25) is 5.88 Å². The standard InChI is InChI=1S/C21H26N2O3/c1-13-14-10-8-9-11-16(14)24-17(13)15-12-22-19(26-21(5,6)7)23-18(15)25-20(2,3)4/h8-12H,1-7H3. The Morgan fingerprint density at radius 2 is 1.58 bits per heavy atom. The first kappa shape index (κ1) is 18.2. The molecule has 5 nitrogen and oxygen atoms in total. The van der Waals surface area contributed by atoms with E-state index in [0.717, 1.165) is 22.1 Å². The van der Waals surface area contributed by atoms with Crippen LogP contribution in [-0.4, -0.2) is 21.2 Å². The average molecular weight is 354 g/mol. The van der Waals surface area contributed by atoms with Crippen LogP contribution in [0.3, 0.4) is 0 Å². The van der Waals surface area contributed by atoms with Gasteiger partial charge in [-0.15, -0.1) is 0 Å². The molecule has 2 aromatic heterocycles. The van der Waals surface area contributed by atoms with Gasteiger partial charge in [0, 0.05) is 17.1 Å². The number of furan rings is 1. The van der Waals surface area contributed by atoms with Gasteiger partial charge in [-0.3, -0.25) is 0 Å². The molecule has 0 N–H and O–H groups in total. The van der Waals surface area contributed by atoms with Gasteiger partial charge in [0.25, 0.3) is 0 Å². The number of benzene rings is 1. The molecule has 26 heavy (non-hydrogen) atoms. The highest BCUT2D eigenvalue weighted by molar-refractivity contribution is 5.88. The lowest BCUT2D eigenvalue weighted by molar-refractivity contribution is 0.103. The third-order valence-corrected chi connectivity index (χ3v) is 3.62. The number of aryl methyl sites for hydroxylation is 1. The zero-order chi connectivity index (χ0) is 19.1. The molecule has 2 heterocycles. The largest absolute Gasteiger partial charge is 0.471 e. The van der Waals surface area contributed by atoms with Gasteiger partial charge in [0.15, 0.2) is 0 Å². The summed E-state index contributed by atoms with van der Waals surface area (Å²) in [5, 5.41) is 1.07. The summed E-state index contributed by atoms with van der Waals surface area (Å²) < 4.78 is 18.0. The highest BCUT2D eigenvalue weighted by atomic mass is 16.5. The fourth-order valence-corrected chi connectivity index (χ4v) is 2.63. The predicted octanol–water partition coefficient (Wildman–Crippen LogP) is 5.55. The Balaban J connectivity index is 2.14. The van der Waals surface area contributed by atoms with Crippen LogP contribution in [-0.2, 0) is 0 Å². The fourth-order valence-electron chi connectivity index (χ4n) is 2.63. The van der Waals surface area contributed by atoms with Crippen molar-refractivity contribution in [2.24, 2.45) is 0 Å². The van der Waals surface area contributed by atoms with Gasteiger partial charge in [-0.05, 0) is 54.5 Å². The van der Waals surface area contributed by atoms with Crippen molar-refractivity contribution in [3.8, 4) is 23.2 Å². The van der Waals surface area contributed by atoms with E-state index in [4.69, 9.17) is 13.9 Å². The number of aromatic nitrogens is 2. The summed E-state index contributed by atoms with van der Waals surface area (Å²) in [7, 11) is 0. The summed E-state index contributed by atoms with van der Waals surface area (Å²) in [6, 6.07) is 8.24. The Labute approximate surface area is 154 Å². The van der Waals surface area contributed by atoms with E-state index in [1.165, 1.54) is 0 Å². The maximum Gasteiger partial charge on any atom is 0.320 e. The van der Waals surface area contributed by atoms with Gasteiger partial charge in [0.1, 0.15) is 22.5 Å². The Morgan fingerprint density at radius 3 is 2.19 bits per heavy atom. The lowest BCUT2D eigenvalue weighted by Gasteiger charge is -2.23. The van der Waals surface area contributed by atoms with Crippen molar-refractivity contribution in [1.82, 2.24) is 9.97 Å². The minimum atomic E-state index is -0.415. The molecule has 0 atom stereocenters. The van der Waals surface area contributed by atoms with Crippen LogP contribution in [0.5, 0.6) is 11.9 Å². The first-order valence-corrected chi connectivity index (χ1v) is 8.77. The number of ether oxygens (including phenoxy) is 2. The first-order valence-electron chi connectivity index (χ1n) is 8.77. The molecule has 0 fully saturated rings. The molecule has 3 rings (SSSR count). The molecule has 0 bridgehead atoms. The molecular formula is C21H26N2O3. The summed E-state index contributed by atoms with van der Waals surface area (Å²) in [6.45, 7) is 13.8. The van der Waals surface area contributed by atoms with E-state index < -0.39 is 11.2 Å². The molecule has 1 aromatic carbocycles. The van der Waals surface area contributed by atoms with Crippen molar-refractivity contribution >= 4 is 11.0 Å². The molecule has 138 valence electrons. The second kappa shape index (κ2) is 6.31. The summed E-state index contributed by atoms with van der Waals surface area (Å²) in [4.78, 5) is 8.88. The molecule has 5 heteroatoms. The number of para-hydroxylation sites is 1. The minimum Gasteiger partial charge on any atom is -0.471 e. The first-order chi connectivity index (χ1) is 12.0. The molecule has 0 aliphatic heterocycles. The van der Waals surface area contributed by atoms with Gasteiger partial charge in [-0.25, -0.2) is 4.98 Å². The Bertz CT molecular complexity index is 931. The molecule has 0 saturated heterocycles. The summed E-state index contributed by atoms with van der Waals surface area (Å²) in [6.07, 6.45) is 1.71. The van der Waals surface area contributed by atoms with E-state index in [9.17, 15) is 0 Å². The lowest BCUT2D eigenvalue weighted by atomic mass is 10.1. The lowest BCUT2D eigenvalue weighted by Crippen LogP contribution is -2.26. The maximum atomic E-state index is 6.10. The van der Waals surface area contributed by atoms with Gasteiger partial charge in [-0.1, -0.05) is 18.2 Å². The Hall–Kier alpha value is -2.56. The Kier molecular flexibility index (Phi) is 4.42. The molecule has 0 aliphatic carbocycles. The summed E-state index contributed by atoms with van der Waals surface area (Å²) in [5.41, 5.74) is 1.77. The molecular weight excluding hydrogens is 328 g/mol. The maximum absolute atomic E-state index is 6.10. The molecule has 3 aromatic rings. The monoisotopic (exact) mass is 354 g/mol. The average Bonchev–Trinajstić information content (AvgIpc) is 2.82. The third kappa shape index (κ3) is 3.98. The highest BCUT2D eigenvalue weighted by Crippen LogP contribution is 2.38. The molecule has 0 aliphatic rings. The van der Waals surface area contributed by atoms with Gasteiger partial charge in [-0.2, -0.15) is 4.98 Å². The number of hydrogen-bond acceptors (Lipinski definition) is 5.